The molecule has 0 aromatic rings. The van der Waals surface area contributed by atoms with Crippen LogP contribution < -0.4 is 5.73 Å². The molecule has 1 aliphatic carbocycles. The van der Waals surface area contributed by atoms with Gasteiger partial charge >= 0.3 is 0 Å². The summed E-state index contributed by atoms with van der Waals surface area (Å²) in [6.07, 6.45) is 9.83. The van der Waals surface area contributed by atoms with E-state index in [2.05, 4.69) is 11.8 Å². The van der Waals surface area contributed by atoms with E-state index < -0.39 is 0 Å². The summed E-state index contributed by atoms with van der Waals surface area (Å²) in [7, 11) is 0. The van der Waals surface area contributed by atoms with Crippen molar-refractivity contribution in [2.45, 2.75) is 57.9 Å². The van der Waals surface area contributed by atoms with Crippen LogP contribution in [0.3, 0.4) is 0 Å². The monoisotopic (exact) mass is 223 g/mol. The Kier molecular flexibility index (Phi) is 3.53. The van der Waals surface area contributed by atoms with Crippen LogP contribution in [0.1, 0.15) is 51.9 Å². The summed E-state index contributed by atoms with van der Waals surface area (Å²) in [5.74, 6) is 0.319. The molecule has 2 rings (SSSR count). The number of nitrogens with one attached hydrogen (secondary N) is 1. The van der Waals surface area contributed by atoms with Gasteiger partial charge in [0.15, 0.2) is 0 Å². The van der Waals surface area contributed by atoms with Crippen molar-refractivity contribution in [2.24, 2.45) is 11.1 Å². The number of nitrogens with zero attached hydrogens (tertiary/aromatic N) is 1. The average Bonchev–Trinajstić information content (AvgIpc) is 2.30. The van der Waals surface area contributed by atoms with Crippen molar-refractivity contribution < 1.29 is 0 Å². The molecular weight excluding hydrogens is 198 g/mol. The number of piperidine rings is 1. The number of hydrogen-bond donors (Lipinski definition) is 2. The summed E-state index contributed by atoms with van der Waals surface area (Å²) in [6, 6.07) is 0.140. The van der Waals surface area contributed by atoms with E-state index in [1.165, 1.54) is 44.9 Å². The molecule has 1 atom stereocenters. The van der Waals surface area contributed by atoms with Gasteiger partial charge in [0, 0.05) is 0 Å². The lowest BCUT2D eigenvalue weighted by Gasteiger charge is -2.45. The first kappa shape index (κ1) is 11.9. The molecule has 1 aliphatic heterocycles. The van der Waals surface area contributed by atoms with Gasteiger partial charge < -0.3 is 5.73 Å². The molecule has 2 aliphatic rings. The van der Waals surface area contributed by atoms with Crippen LogP contribution in [0.4, 0.5) is 0 Å². The zero-order valence-corrected chi connectivity index (χ0v) is 10.5. The third-order valence-corrected chi connectivity index (χ3v) is 4.77. The van der Waals surface area contributed by atoms with Crippen LogP contribution >= 0.6 is 0 Å². The topological polar surface area (TPSA) is 53.1 Å². The smallest absolute Gasteiger partial charge is 0.108 e. The van der Waals surface area contributed by atoms with Crippen LogP contribution in [-0.2, 0) is 0 Å². The molecule has 1 saturated heterocycles. The highest BCUT2D eigenvalue weighted by atomic mass is 15.2. The summed E-state index contributed by atoms with van der Waals surface area (Å²) in [4.78, 5) is 2.38. The maximum absolute atomic E-state index is 7.51. The summed E-state index contributed by atoms with van der Waals surface area (Å²) < 4.78 is 0. The van der Waals surface area contributed by atoms with E-state index in [-0.39, 0.29) is 6.04 Å². The first-order valence-electron chi connectivity index (χ1n) is 6.71. The van der Waals surface area contributed by atoms with Crippen LogP contribution in [0.2, 0.25) is 0 Å². The number of rotatable bonds is 2. The lowest BCUT2D eigenvalue weighted by Crippen LogP contribution is -2.49. The van der Waals surface area contributed by atoms with Crippen molar-refractivity contribution in [3.8, 4) is 0 Å². The van der Waals surface area contributed by atoms with Gasteiger partial charge in [0.25, 0.3) is 0 Å². The quantitative estimate of drug-likeness (QED) is 0.558. The van der Waals surface area contributed by atoms with Gasteiger partial charge in [-0.05, 0) is 51.1 Å². The first-order valence-corrected chi connectivity index (χ1v) is 6.71. The van der Waals surface area contributed by atoms with Crippen LogP contribution in [0.15, 0.2) is 0 Å². The molecule has 0 bridgehead atoms. The molecule has 92 valence electrons. The van der Waals surface area contributed by atoms with Crippen LogP contribution in [0.25, 0.3) is 0 Å². The fourth-order valence-corrected chi connectivity index (χ4v) is 3.38. The first-order chi connectivity index (χ1) is 7.63. The molecule has 3 heteroatoms. The van der Waals surface area contributed by atoms with Crippen LogP contribution in [0.5, 0.6) is 0 Å². The Balaban J connectivity index is 1.88. The van der Waals surface area contributed by atoms with Gasteiger partial charge in [-0.2, -0.15) is 0 Å². The number of likely N-dealkylation sites (tertiary alicyclic amines) is 1. The fraction of sp³-hybridized carbons (Fsp3) is 0.923. The van der Waals surface area contributed by atoms with Crippen molar-refractivity contribution in [1.82, 2.24) is 4.90 Å². The summed E-state index contributed by atoms with van der Waals surface area (Å²) in [5.41, 5.74) is 6.24. The maximum atomic E-state index is 7.51. The van der Waals surface area contributed by atoms with E-state index >= 15 is 0 Å². The van der Waals surface area contributed by atoms with Gasteiger partial charge in [0.1, 0.15) is 5.84 Å². The Bertz CT molecular complexity index is 246. The normalized spacial score (nSPS) is 27.8. The van der Waals surface area contributed by atoms with E-state index in [0.29, 0.717) is 11.3 Å². The largest absolute Gasteiger partial charge is 0.386 e. The molecule has 3 N–H and O–H groups in total. The van der Waals surface area contributed by atoms with E-state index in [0.717, 1.165) is 13.1 Å². The SMILES string of the molecule is CC(C(=N)N)N1CCC2(CCCCC2)CC1. The Labute approximate surface area is 98.9 Å². The molecule has 0 amide bonds. The highest BCUT2D eigenvalue weighted by Crippen LogP contribution is 2.44. The van der Waals surface area contributed by atoms with E-state index in [9.17, 15) is 0 Å². The predicted octanol–water partition coefficient (Wildman–Crippen LogP) is 2.36. The van der Waals surface area contributed by atoms with Gasteiger partial charge in [-0.1, -0.05) is 19.3 Å². The van der Waals surface area contributed by atoms with E-state index in [1.54, 1.807) is 0 Å². The zero-order valence-electron chi connectivity index (χ0n) is 10.5. The van der Waals surface area contributed by atoms with Gasteiger partial charge in [-0.15, -0.1) is 0 Å². The lowest BCUT2D eigenvalue weighted by molar-refractivity contribution is 0.0612. The van der Waals surface area contributed by atoms with Gasteiger partial charge in [0.2, 0.25) is 0 Å². The van der Waals surface area contributed by atoms with Crippen molar-refractivity contribution in [2.75, 3.05) is 13.1 Å². The van der Waals surface area contributed by atoms with Crippen molar-refractivity contribution in [3.63, 3.8) is 0 Å². The molecule has 0 radical (unpaired) electrons. The third kappa shape index (κ3) is 2.40. The fourth-order valence-electron chi connectivity index (χ4n) is 3.38. The molecule has 1 spiro atoms. The summed E-state index contributed by atoms with van der Waals surface area (Å²) in [6.45, 7) is 4.34. The predicted molar refractivity (Wildman–Crippen MR) is 67.7 cm³/mol. The van der Waals surface area contributed by atoms with E-state index in [1.807, 2.05) is 0 Å². The minimum atomic E-state index is 0.140. The minimum Gasteiger partial charge on any atom is -0.386 e. The van der Waals surface area contributed by atoms with Crippen LogP contribution in [0, 0.1) is 10.8 Å². The highest BCUT2D eigenvalue weighted by molar-refractivity contribution is 5.82. The van der Waals surface area contributed by atoms with Crippen molar-refractivity contribution in [1.29, 1.82) is 5.41 Å². The zero-order chi connectivity index (χ0) is 11.6. The minimum absolute atomic E-state index is 0.140. The Morgan fingerprint density at radius 3 is 2.19 bits per heavy atom. The Hall–Kier alpha value is -0.570. The van der Waals surface area contributed by atoms with Gasteiger partial charge in [-0.3, -0.25) is 10.3 Å². The third-order valence-electron chi connectivity index (χ3n) is 4.77. The standard InChI is InChI=1S/C13H25N3/c1-11(12(14)15)16-9-7-13(8-10-16)5-3-2-4-6-13/h11H,2-10H2,1H3,(H3,14,15). The molecule has 1 heterocycles. The molecular formula is C13H25N3. The van der Waals surface area contributed by atoms with Gasteiger partial charge in [0.05, 0.1) is 6.04 Å². The lowest BCUT2D eigenvalue weighted by atomic mass is 9.68. The molecule has 0 aromatic carbocycles. The maximum Gasteiger partial charge on any atom is 0.108 e. The molecule has 1 saturated carbocycles. The van der Waals surface area contributed by atoms with Crippen LogP contribution in [-0.4, -0.2) is 29.9 Å². The Morgan fingerprint density at radius 1 is 1.12 bits per heavy atom. The summed E-state index contributed by atoms with van der Waals surface area (Å²) >= 11 is 0. The molecule has 2 fully saturated rings. The number of amidine groups is 1. The number of nitrogens with two attached hydrogens (primary N) is 1. The second kappa shape index (κ2) is 4.74. The highest BCUT2D eigenvalue weighted by Gasteiger charge is 2.36. The second-order valence-electron chi connectivity index (χ2n) is 5.73. The molecule has 0 aromatic heterocycles. The van der Waals surface area contributed by atoms with E-state index in [4.69, 9.17) is 11.1 Å². The average molecular weight is 223 g/mol. The second-order valence-corrected chi connectivity index (χ2v) is 5.73. The van der Waals surface area contributed by atoms with Crippen molar-refractivity contribution >= 4 is 5.84 Å². The van der Waals surface area contributed by atoms with Gasteiger partial charge in [-0.25, -0.2) is 0 Å². The summed E-state index contributed by atoms with van der Waals surface area (Å²) in [5, 5.41) is 7.51. The Morgan fingerprint density at radius 2 is 1.69 bits per heavy atom. The number of hydrogen-bond acceptors (Lipinski definition) is 2. The van der Waals surface area contributed by atoms with Crippen molar-refractivity contribution in [3.05, 3.63) is 0 Å². The molecule has 3 nitrogen and oxygen atoms in total. The molecule has 1 unspecified atom stereocenters. The molecule has 16 heavy (non-hydrogen) atoms.